The molecule has 0 amide bonds. The molecule has 5 nitrogen and oxygen atoms in total. The van der Waals surface area contributed by atoms with Crippen LogP contribution in [0, 0.1) is 13.8 Å². The van der Waals surface area contributed by atoms with Crippen molar-refractivity contribution >= 4 is 15.6 Å². The van der Waals surface area contributed by atoms with Crippen molar-refractivity contribution in [1.29, 1.82) is 0 Å². The number of ketones is 1. The fraction of sp³-hybridized carbons (Fsp3) is 0.227. The first-order valence-electron chi connectivity index (χ1n) is 9.20. The van der Waals surface area contributed by atoms with E-state index < -0.39 is 21.6 Å². The maximum atomic E-state index is 13.1. The van der Waals surface area contributed by atoms with Crippen LogP contribution in [0.25, 0.3) is 5.69 Å². The molecule has 0 saturated heterocycles. The number of Topliss-reactive ketones (excluding diaryl/α,β-unsaturated/α-hetero) is 1. The maximum absolute atomic E-state index is 13.1. The van der Waals surface area contributed by atoms with Crippen molar-refractivity contribution in [1.82, 2.24) is 4.57 Å². The number of hydrogen-bond acceptors (Lipinski definition) is 4. The zero-order valence-corrected chi connectivity index (χ0v) is 17.8. The van der Waals surface area contributed by atoms with Crippen LogP contribution < -0.4 is 4.74 Å². The summed E-state index contributed by atoms with van der Waals surface area (Å²) in [5, 5.41) is 0. The summed E-state index contributed by atoms with van der Waals surface area (Å²) < 4.78 is 69.2. The third kappa shape index (κ3) is 4.99. The van der Waals surface area contributed by atoms with E-state index in [4.69, 9.17) is 4.74 Å². The molecule has 0 spiro atoms. The summed E-state index contributed by atoms with van der Waals surface area (Å²) in [6.07, 6.45) is -3.38. The molecule has 164 valence electrons. The second kappa shape index (κ2) is 8.22. The molecule has 1 aromatic heterocycles. The van der Waals surface area contributed by atoms with E-state index >= 15 is 0 Å². The van der Waals surface area contributed by atoms with Crippen LogP contribution in [0.5, 0.6) is 5.75 Å². The zero-order valence-electron chi connectivity index (χ0n) is 17.0. The average Bonchev–Trinajstić information content (AvgIpc) is 2.99. The molecule has 31 heavy (non-hydrogen) atoms. The summed E-state index contributed by atoms with van der Waals surface area (Å²) in [5.41, 5.74) is 0.977. The molecule has 3 aromatic rings. The van der Waals surface area contributed by atoms with E-state index in [1.807, 2.05) is 0 Å². The van der Waals surface area contributed by atoms with Gasteiger partial charge in [-0.2, -0.15) is 13.2 Å². The number of aromatic nitrogens is 1. The van der Waals surface area contributed by atoms with Crippen molar-refractivity contribution < 1.29 is 31.1 Å². The second-order valence-electron chi connectivity index (χ2n) is 7.12. The number of ether oxygens (including phenoxy) is 1. The summed E-state index contributed by atoms with van der Waals surface area (Å²) in [4.78, 5) is 12.8. The number of benzene rings is 2. The number of carbonyl (C=O) groups is 1. The zero-order chi connectivity index (χ0) is 23.0. The molecule has 0 fully saturated rings. The Balaban J connectivity index is 1.81. The Morgan fingerprint density at radius 3 is 2.26 bits per heavy atom. The topological polar surface area (TPSA) is 65.4 Å². The van der Waals surface area contributed by atoms with Gasteiger partial charge in [0.15, 0.2) is 16.4 Å². The van der Waals surface area contributed by atoms with E-state index in [-0.39, 0.29) is 17.3 Å². The second-order valence-corrected chi connectivity index (χ2v) is 9.14. The lowest BCUT2D eigenvalue weighted by atomic mass is 10.1. The fourth-order valence-corrected chi connectivity index (χ4v) is 3.90. The van der Waals surface area contributed by atoms with Crippen LogP contribution in [0.2, 0.25) is 0 Å². The molecule has 0 unspecified atom stereocenters. The summed E-state index contributed by atoms with van der Waals surface area (Å²) in [7, 11) is -3.34. The Kier molecular flexibility index (Phi) is 6.00. The van der Waals surface area contributed by atoms with E-state index in [0.717, 1.165) is 18.4 Å². The highest BCUT2D eigenvalue weighted by Gasteiger charge is 2.30. The van der Waals surface area contributed by atoms with Gasteiger partial charge in [0.05, 0.1) is 10.5 Å². The molecular weight excluding hydrogens is 431 g/mol. The first-order chi connectivity index (χ1) is 14.4. The normalized spacial score (nSPS) is 12.1. The quantitative estimate of drug-likeness (QED) is 0.506. The highest BCUT2D eigenvalue weighted by atomic mass is 32.2. The van der Waals surface area contributed by atoms with Gasteiger partial charge in [0.25, 0.3) is 0 Å². The Hall–Kier alpha value is -3.07. The number of carbonyl (C=O) groups excluding carboxylic acids is 1. The number of aryl methyl sites for hydroxylation is 1. The monoisotopic (exact) mass is 451 g/mol. The SMILES string of the molecule is Cc1cc(C(=O)COc2ccc(S(C)(=O)=O)cc2)c(C)n1-c1cccc(C(F)(F)F)c1. The van der Waals surface area contributed by atoms with Crippen molar-refractivity contribution in [3.63, 3.8) is 0 Å². The van der Waals surface area contributed by atoms with Gasteiger partial charge in [-0.3, -0.25) is 4.79 Å². The van der Waals surface area contributed by atoms with Gasteiger partial charge in [-0.1, -0.05) is 6.07 Å². The van der Waals surface area contributed by atoms with E-state index in [1.54, 1.807) is 30.5 Å². The lowest BCUT2D eigenvalue weighted by Gasteiger charge is -2.13. The van der Waals surface area contributed by atoms with Crippen molar-refractivity contribution in [3.8, 4) is 11.4 Å². The Morgan fingerprint density at radius 1 is 1.03 bits per heavy atom. The molecule has 0 aliphatic carbocycles. The lowest BCUT2D eigenvalue weighted by molar-refractivity contribution is -0.137. The Morgan fingerprint density at radius 2 is 1.68 bits per heavy atom. The summed E-state index contributed by atoms with van der Waals surface area (Å²) >= 11 is 0. The molecule has 3 rings (SSSR count). The van der Waals surface area contributed by atoms with Crippen molar-refractivity contribution in [2.45, 2.75) is 24.9 Å². The number of rotatable bonds is 6. The molecule has 0 atom stereocenters. The van der Waals surface area contributed by atoms with Crippen LogP contribution in [-0.4, -0.2) is 31.6 Å². The Bertz CT molecular complexity index is 1230. The molecule has 0 N–H and O–H groups in total. The minimum atomic E-state index is -4.47. The molecule has 0 bridgehead atoms. The van der Waals surface area contributed by atoms with Crippen LogP contribution in [0.3, 0.4) is 0 Å². The van der Waals surface area contributed by atoms with E-state index in [0.29, 0.717) is 28.4 Å². The smallest absolute Gasteiger partial charge is 0.416 e. The van der Waals surface area contributed by atoms with Crippen molar-refractivity contribution in [2.24, 2.45) is 0 Å². The first-order valence-corrected chi connectivity index (χ1v) is 11.1. The maximum Gasteiger partial charge on any atom is 0.416 e. The van der Waals surface area contributed by atoms with Crippen LogP contribution >= 0.6 is 0 Å². The average molecular weight is 451 g/mol. The summed E-state index contributed by atoms with van der Waals surface area (Å²) in [5.74, 6) is -0.0223. The fourth-order valence-electron chi connectivity index (χ4n) is 3.27. The largest absolute Gasteiger partial charge is 0.485 e. The van der Waals surface area contributed by atoms with E-state index in [1.165, 1.54) is 30.3 Å². The number of hydrogen-bond donors (Lipinski definition) is 0. The Labute approximate surface area is 178 Å². The van der Waals surface area contributed by atoms with Gasteiger partial charge in [0.1, 0.15) is 5.75 Å². The summed E-state index contributed by atoms with van der Waals surface area (Å²) in [6, 6.07) is 12.2. The van der Waals surface area contributed by atoms with Crippen LogP contribution in [0.1, 0.15) is 27.3 Å². The molecular formula is C22H20F3NO4S. The van der Waals surface area contributed by atoms with E-state index in [9.17, 15) is 26.4 Å². The number of nitrogens with zero attached hydrogens (tertiary/aromatic N) is 1. The van der Waals surface area contributed by atoms with E-state index in [2.05, 4.69) is 0 Å². The van der Waals surface area contributed by atoms with Crippen LogP contribution in [-0.2, 0) is 16.0 Å². The van der Waals surface area contributed by atoms with Crippen LogP contribution in [0.15, 0.2) is 59.5 Å². The third-order valence-corrected chi connectivity index (χ3v) is 5.91. The first kappa shape index (κ1) is 22.6. The molecule has 1 heterocycles. The van der Waals surface area contributed by atoms with Crippen molar-refractivity contribution in [3.05, 3.63) is 77.1 Å². The van der Waals surface area contributed by atoms with Gasteiger partial charge >= 0.3 is 6.18 Å². The standard InChI is InChI=1S/C22H20F3NO4S/c1-14-11-20(15(2)26(14)17-6-4-5-16(12-17)22(23,24)25)21(27)13-30-18-7-9-19(10-8-18)31(3,28)29/h4-12H,13H2,1-3H3. The summed E-state index contributed by atoms with van der Waals surface area (Å²) in [6.45, 7) is 3.06. The predicted molar refractivity (Wildman–Crippen MR) is 110 cm³/mol. The molecule has 0 aliphatic heterocycles. The third-order valence-electron chi connectivity index (χ3n) is 4.79. The van der Waals surface area contributed by atoms with Gasteiger partial charge < -0.3 is 9.30 Å². The van der Waals surface area contributed by atoms with Gasteiger partial charge in [0.2, 0.25) is 5.78 Å². The molecule has 9 heteroatoms. The van der Waals surface area contributed by atoms with Gasteiger partial charge in [-0.05, 0) is 62.4 Å². The van der Waals surface area contributed by atoms with Crippen LogP contribution in [0.4, 0.5) is 13.2 Å². The number of sulfone groups is 1. The number of halogens is 3. The van der Waals surface area contributed by atoms with Gasteiger partial charge in [-0.15, -0.1) is 0 Å². The molecule has 0 radical (unpaired) electrons. The molecule has 2 aromatic carbocycles. The molecule has 0 saturated carbocycles. The predicted octanol–water partition coefficient (Wildman–Crippen LogP) is 4.78. The minimum absolute atomic E-state index is 0.135. The highest BCUT2D eigenvalue weighted by Crippen LogP contribution is 2.31. The van der Waals surface area contributed by atoms with Gasteiger partial charge in [-0.25, -0.2) is 8.42 Å². The molecule has 0 aliphatic rings. The van der Waals surface area contributed by atoms with Crippen molar-refractivity contribution in [2.75, 3.05) is 12.9 Å². The lowest BCUT2D eigenvalue weighted by Crippen LogP contribution is -2.13. The van der Waals surface area contributed by atoms with Gasteiger partial charge in [0, 0.05) is 28.9 Å². The number of alkyl halides is 3. The minimum Gasteiger partial charge on any atom is -0.485 e. The highest BCUT2D eigenvalue weighted by molar-refractivity contribution is 7.90.